The molecule has 3 aromatic rings. The van der Waals surface area contributed by atoms with Gasteiger partial charge < -0.3 is 10.1 Å². The Bertz CT molecular complexity index is 960. The van der Waals surface area contributed by atoms with Gasteiger partial charge in [0, 0.05) is 22.2 Å². The number of nitrogens with one attached hydrogen (secondary N) is 1. The molecule has 0 bridgehead atoms. The maximum absolute atomic E-state index is 13.6. The molecule has 3 rings (SSSR count). The van der Waals surface area contributed by atoms with Gasteiger partial charge in [-0.2, -0.15) is 0 Å². The molecule has 128 valence electrons. The minimum Gasteiger partial charge on any atom is -0.493 e. The van der Waals surface area contributed by atoms with Gasteiger partial charge >= 0.3 is 0 Å². The van der Waals surface area contributed by atoms with Gasteiger partial charge in [0.25, 0.3) is 5.91 Å². The van der Waals surface area contributed by atoms with E-state index in [2.05, 4.69) is 10.3 Å². The normalized spacial score (nSPS) is 10.7. The average Bonchev–Trinajstić information content (AvgIpc) is 2.58. The van der Waals surface area contributed by atoms with Crippen molar-refractivity contribution in [2.75, 3.05) is 11.9 Å². The van der Waals surface area contributed by atoms with Crippen molar-refractivity contribution in [3.63, 3.8) is 0 Å². The number of amides is 1. The van der Waals surface area contributed by atoms with Gasteiger partial charge in [0.05, 0.1) is 12.1 Å². The van der Waals surface area contributed by atoms with Gasteiger partial charge in [-0.05, 0) is 49.7 Å². The largest absolute Gasteiger partial charge is 0.493 e. The first-order chi connectivity index (χ1) is 12.0. The van der Waals surface area contributed by atoms with Crippen LogP contribution in [0.4, 0.5) is 10.1 Å². The van der Waals surface area contributed by atoms with Crippen LogP contribution < -0.4 is 10.1 Å². The first kappa shape index (κ1) is 17.2. The van der Waals surface area contributed by atoms with Crippen LogP contribution in [0.5, 0.6) is 5.75 Å². The molecule has 1 aromatic heterocycles. The quantitative estimate of drug-likeness (QED) is 0.715. The van der Waals surface area contributed by atoms with E-state index < -0.39 is 5.91 Å². The number of nitrogens with zero attached hydrogens (tertiary/aromatic N) is 1. The van der Waals surface area contributed by atoms with E-state index in [-0.39, 0.29) is 11.5 Å². The molecule has 0 radical (unpaired) electrons. The zero-order valence-electron chi connectivity index (χ0n) is 13.8. The Balaban J connectivity index is 1.98. The van der Waals surface area contributed by atoms with Crippen LogP contribution in [0.1, 0.15) is 23.0 Å². The first-order valence-electron chi connectivity index (χ1n) is 7.78. The zero-order valence-corrected chi connectivity index (χ0v) is 14.5. The second-order valence-corrected chi connectivity index (χ2v) is 5.95. The lowest BCUT2D eigenvalue weighted by molar-refractivity contribution is 0.102. The van der Waals surface area contributed by atoms with Crippen molar-refractivity contribution >= 4 is 34.1 Å². The number of anilines is 1. The van der Waals surface area contributed by atoms with Gasteiger partial charge in [-0.1, -0.05) is 17.7 Å². The average molecular weight is 359 g/mol. The summed E-state index contributed by atoms with van der Waals surface area (Å²) in [6.07, 6.45) is 0. The molecule has 6 heteroatoms. The fourth-order valence-electron chi connectivity index (χ4n) is 2.42. The summed E-state index contributed by atoms with van der Waals surface area (Å²) in [5.41, 5.74) is 1.65. The van der Waals surface area contributed by atoms with Gasteiger partial charge in [-0.3, -0.25) is 4.79 Å². The van der Waals surface area contributed by atoms with Crippen LogP contribution in [-0.2, 0) is 0 Å². The summed E-state index contributed by atoms with van der Waals surface area (Å²) in [5.74, 6) is -0.301. The molecule has 0 saturated heterocycles. The molecule has 0 spiro atoms. The van der Waals surface area contributed by atoms with Crippen LogP contribution in [0.2, 0.25) is 5.02 Å². The highest BCUT2D eigenvalue weighted by atomic mass is 35.5. The standard InChI is InChI=1S/C19H16ClFN2O2/c1-3-25-18-10-17(23-16-7-5-12(20)8-14(16)18)19(24)22-13-6-4-11(2)15(21)9-13/h4-10H,3H2,1-2H3,(H,22,24). The molecule has 0 aliphatic rings. The Morgan fingerprint density at radius 3 is 2.76 bits per heavy atom. The van der Waals surface area contributed by atoms with E-state index >= 15 is 0 Å². The van der Waals surface area contributed by atoms with Crippen molar-refractivity contribution in [2.45, 2.75) is 13.8 Å². The minimum absolute atomic E-state index is 0.180. The van der Waals surface area contributed by atoms with Gasteiger partial charge in [0.2, 0.25) is 0 Å². The number of pyridine rings is 1. The fraction of sp³-hybridized carbons (Fsp3) is 0.158. The maximum Gasteiger partial charge on any atom is 0.274 e. The van der Waals surface area contributed by atoms with Crippen molar-refractivity contribution in [1.82, 2.24) is 4.98 Å². The maximum atomic E-state index is 13.6. The molecule has 25 heavy (non-hydrogen) atoms. The van der Waals surface area contributed by atoms with Crippen LogP contribution in [0.25, 0.3) is 10.9 Å². The number of rotatable bonds is 4. The third-order valence-electron chi connectivity index (χ3n) is 3.69. The van der Waals surface area contributed by atoms with Crippen LogP contribution in [0.3, 0.4) is 0 Å². The number of aromatic nitrogens is 1. The number of halogens is 2. The summed E-state index contributed by atoms with van der Waals surface area (Å²) in [7, 11) is 0. The van der Waals surface area contributed by atoms with Gasteiger partial charge in [0.1, 0.15) is 17.3 Å². The fourth-order valence-corrected chi connectivity index (χ4v) is 2.60. The number of hydrogen-bond donors (Lipinski definition) is 1. The molecule has 1 heterocycles. The molecule has 0 atom stereocenters. The molecule has 0 saturated carbocycles. The smallest absolute Gasteiger partial charge is 0.274 e. The van der Waals surface area contributed by atoms with Crippen LogP contribution >= 0.6 is 11.6 Å². The van der Waals surface area contributed by atoms with E-state index in [1.165, 1.54) is 6.07 Å². The van der Waals surface area contributed by atoms with Gasteiger partial charge in [0.15, 0.2) is 0 Å². The van der Waals surface area contributed by atoms with Crippen LogP contribution in [0, 0.1) is 12.7 Å². The van der Waals surface area contributed by atoms with Crippen molar-refractivity contribution in [1.29, 1.82) is 0 Å². The molecular weight excluding hydrogens is 343 g/mol. The Kier molecular flexibility index (Phi) is 4.86. The molecular formula is C19H16ClFN2O2. The van der Waals surface area contributed by atoms with E-state index in [4.69, 9.17) is 16.3 Å². The summed E-state index contributed by atoms with van der Waals surface area (Å²) >= 11 is 6.03. The SMILES string of the molecule is CCOc1cc(C(=O)Nc2ccc(C)c(F)c2)nc2ccc(Cl)cc12. The van der Waals surface area contributed by atoms with E-state index in [0.29, 0.717) is 34.1 Å². The number of carbonyl (C=O) groups excluding carboxylic acids is 1. The molecule has 1 amide bonds. The number of fused-ring (bicyclic) bond motifs is 1. The summed E-state index contributed by atoms with van der Waals surface area (Å²) in [6, 6.07) is 11.2. The van der Waals surface area contributed by atoms with Crippen molar-refractivity contribution in [2.24, 2.45) is 0 Å². The number of benzene rings is 2. The topological polar surface area (TPSA) is 51.2 Å². The second kappa shape index (κ2) is 7.07. The number of ether oxygens (including phenoxy) is 1. The number of carbonyl (C=O) groups is 1. The third-order valence-corrected chi connectivity index (χ3v) is 3.93. The summed E-state index contributed by atoms with van der Waals surface area (Å²) in [4.78, 5) is 16.9. The Labute approximate surface area is 149 Å². The highest BCUT2D eigenvalue weighted by molar-refractivity contribution is 6.31. The Morgan fingerprint density at radius 2 is 2.04 bits per heavy atom. The van der Waals surface area contributed by atoms with Crippen LogP contribution in [-0.4, -0.2) is 17.5 Å². The van der Waals surface area contributed by atoms with Crippen LogP contribution in [0.15, 0.2) is 42.5 Å². The van der Waals surface area contributed by atoms with Crippen molar-refractivity contribution in [3.8, 4) is 5.75 Å². The Hall–Kier alpha value is -2.66. The van der Waals surface area contributed by atoms with Crippen molar-refractivity contribution in [3.05, 3.63) is 64.6 Å². The summed E-state index contributed by atoms with van der Waals surface area (Å²) in [5, 5.41) is 3.94. The zero-order chi connectivity index (χ0) is 18.0. The second-order valence-electron chi connectivity index (χ2n) is 5.52. The van der Waals surface area contributed by atoms with E-state index in [0.717, 1.165) is 5.39 Å². The first-order valence-corrected chi connectivity index (χ1v) is 8.16. The van der Waals surface area contributed by atoms with E-state index in [9.17, 15) is 9.18 Å². The molecule has 0 fully saturated rings. The summed E-state index contributed by atoms with van der Waals surface area (Å²) < 4.78 is 19.3. The van der Waals surface area contributed by atoms with Gasteiger partial charge in [-0.25, -0.2) is 9.37 Å². The van der Waals surface area contributed by atoms with E-state index in [1.54, 1.807) is 43.3 Å². The molecule has 0 unspecified atom stereocenters. The van der Waals surface area contributed by atoms with Crippen molar-refractivity contribution < 1.29 is 13.9 Å². The monoisotopic (exact) mass is 358 g/mol. The van der Waals surface area contributed by atoms with Gasteiger partial charge in [-0.15, -0.1) is 0 Å². The highest BCUT2D eigenvalue weighted by Gasteiger charge is 2.14. The number of aryl methyl sites for hydroxylation is 1. The summed E-state index contributed by atoms with van der Waals surface area (Å²) in [6.45, 7) is 3.95. The lowest BCUT2D eigenvalue weighted by Crippen LogP contribution is -2.14. The minimum atomic E-state index is -0.443. The Morgan fingerprint density at radius 1 is 1.24 bits per heavy atom. The predicted molar refractivity (Wildman–Crippen MR) is 97.0 cm³/mol. The number of hydrogen-bond acceptors (Lipinski definition) is 3. The molecule has 4 nitrogen and oxygen atoms in total. The molecule has 0 aliphatic heterocycles. The van der Waals surface area contributed by atoms with E-state index in [1.807, 2.05) is 6.92 Å². The lowest BCUT2D eigenvalue weighted by atomic mass is 10.1. The predicted octanol–water partition coefficient (Wildman–Crippen LogP) is 4.99. The molecule has 0 aliphatic carbocycles. The molecule has 2 aromatic carbocycles. The lowest BCUT2D eigenvalue weighted by Gasteiger charge is -2.11. The highest BCUT2D eigenvalue weighted by Crippen LogP contribution is 2.28. The third kappa shape index (κ3) is 3.72. The molecule has 1 N–H and O–H groups in total.